The van der Waals surface area contributed by atoms with E-state index < -0.39 is 0 Å². The maximum absolute atomic E-state index is 8.48. The largest absolute Gasteiger partial charge is 0.491 e. The molecule has 3 heteroatoms. The van der Waals surface area contributed by atoms with Crippen molar-refractivity contribution in [1.82, 2.24) is 4.98 Å². The zero-order valence-corrected chi connectivity index (χ0v) is 5.72. The van der Waals surface area contributed by atoms with Gasteiger partial charge in [0, 0.05) is 12.4 Å². The molecule has 10 heavy (non-hydrogen) atoms. The zero-order chi connectivity index (χ0) is 7.40. The van der Waals surface area contributed by atoms with E-state index in [0.29, 0.717) is 17.9 Å². The Hall–Kier alpha value is -1.43. The van der Waals surface area contributed by atoms with Crippen molar-refractivity contribution in [2.45, 2.75) is 6.92 Å². The molecule has 1 N–H and O–H groups in total. The summed E-state index contributed by atoms with van der Waals surface area (Å²) in [6.07, 6.45) is 3.28. The average Bonchev–Trinajstić information content (AvgIpc) is 2.36. The number of rotatable bonds is 2. The molecule has 0 aliphatic heterocycles. The smallest absolute Gasteiger partial charge is 0.154 e. The Morgan fingerprint density at radius 2 is 2.50 bits per heavy atom. The number of nitrogens with one attached hydrogen (secondary N) is 1. The van der Waals surface area contributed by atoms with Crippen molar-refractivity contribution in [2.75, 3.05) is 6.61 Å². The molecule has 0 unspecified atom stereocenters. The van der Waals surface area contributed by atoms with Crippen LogP contribution in [0.25, 0.3) is 0 Å². The van der Waals surface area contributed by atoms with Crippen LogP contribution >= 0.6 is 0 Å². The molecule has 1 rings (SSSR count). The molecule has 1 heterocycles. The van der Waals surface area contributed by atoms with Crippen LogP contribution in [0, 0.1) is 11.3 Å². The van der Waals surface area contributed by atoms with Crippen LogP contribution in [-0.4, -0.2) is 11.6 Å². The maximum atomic E-state index is 8.48. The Kier molecular flexibility index (Phi) is 1.96. The summed E-state index contributed by atoms with van der Waals surface area (Å²) in [5.41, 5.74) is 0.557. The van der Waals surface area contributed by atoms with Crippen LogP contribution in [0.3, 0.4) is 0 Å². The predicted molar refractivity (Wildman–Crippen MR) is 36.7 cm³/mol. The van der Waals surface area contributed by atoms with E-state index in [2.05, 4.69) is 4.98 Å². The van der Waals surface area contributed by atoms with Gasteiger partial charge in [0.1, 0.15) is 11.6 Å². The van der Waals surface area contributed by atoms with Gasteiger partial charge in [-0.1, -0.05) is 0 Å². The minimum absolute atomic E-state index is 0.557. The van der Waals surface area contributed by atoms with Crippen LogP contribution in [0.15, 0.2) is 12.4 Å². The number of hydrogen-bond donors (Lipinski definition) is 1. The number of ether oxygens (including phenoxy) is 1. The lowest BCUT2D eigenvalue weighted by molar-refractivity contribution is 0.340. The Morgan fingerprint density at radius 3 is 3.10 bits per heavy atom. The highest BCUT2D eigenvalue weighted by Gasteiger charge is 2.00. The molecular weight excluding hydrogens is 128 g/mol. The number of hydrogen-bond acceptors (Lipinski definition) is 2. The fourth-order valence-electron chi connectivity index (χ4n) is 0.712. The molecule has 1 aromatic heterocycles. The molecule has 0 amide bonds. The van der Waals surface area contributed by atoms with Gasteiger partial charge in [0.25, 0.3) is 0 Å². The molecule has 0 aliphatic rings. The molecule has 0 aromatic carbocycles. The van der Waals surface area contributed by atoms with Crippen LogP contribution in [0.4, 0.5) is 0 Å². The van der Waals surface area contributed by atoms with E-state index in [1.165, 1.54) is 0 Å². The van der Waals surface area contributed by atoms with Gasteiger partial charge < -0.3 is 9.72 Å². The predicted octanol–water partition coefficient (Wildman–Crippen LogP) is 1.29. The van der Waals surface area contributed by atoms with E-state index in [-0.39, 0.29) is 0 Å². The van der Waals surface area contributed by atoms with Crippen molar-refractivity contribution in [3.05, 3.63) is 18.0 Å². The van der Waals surface area contributed by atoms with Crippen LogP contribution in [-0.2, 0) is 0 Å². The van der Waals surface area contributed by atoms with E-state index in [0.717, 1.165) is 0 Å². The molecule has 0 fully saturated rings. The van der Waals surface area contributed by atoms with Gasteiger partial charge in [-0.3, -0.25) is 0 Å². The molecule has 0 saturated carbocycles. The number of H-pyrrole nitrogens is 1. The molecule has 1 aromatic rings. The molecule has 52 valence electrons. The molecule has 0 aliphatic carbocycles. The number of aromatic amines is 1. The topological polar surface area (TPSA) is 48.8 Å². The first kappa shape index (κ1) is 6.69. The van der Waals surface area contributed by atoms with Gasteiger partial charge in [0.05, 0.1) is 6.61 Å². The van der Waals surface area contributed by atoms with Gasteiger partial charge in [-0.05, 0) is 6.92 Å². The van der Waals surface area contributed by atoms with E-state index >= 15 is 0 Å². The average molecular weight is 136 g/mol. The second kappa shape index (κ2) is 2.92. The number of nitrogens with zero attached hydrogens (tertiary/aromatic N) is 1. The Labute approximate surface area is 59.2 Å². The van der Waals surface area contributed by atoms with Crippen molar-refractivity contribution in [2.24, 2.45) is 0 Å². The first-order valence-corrected chi connectivity index (χ1v) is 3.08. The molecule has 0 spiro atoms. The summed E-state index contributed by atoms with van der Waals surface area (Å²) >= 11 is 0. The SMILES string of the molecule is CCOc1c[nH]cc1C#N. The molecule has 0 atom stereocenters. The first-order chi connectivity index (χ1) is 4.88. The van der Waals surface area contributed by atoms with Gasteiger partial charge in [0.15, 0.2) is 5.75 Å². The van der Waals surface area contributed by atoms with Crippen LogP contribution in [0.5, 0.6) is 5.75 Å². The third kappa shape index (κ3) is 1.11. The third-order valence-electron chi connectivity index (χ3n) is 1.13. The highest BCUT2D eigenvalue weighted by atomic mass is 16.5. The molecule has 3 nitrogen and oxygen atoms in total. The summed E-state index contributed by atoms with van der Waals surface area (Å²) in [5, 5.41) is 8.48. The quantitative estimate of drug-likeness (QED) is 0.665. The molecule has 0 bridgehead atoms. The molecule has 0 saturated heterocycles. The van der Waals surface area contributed by atoms with Crippen LogP contribution in [0.2, 0.25) is 0 Å². The highest BCUT2D eigenvalue weighted by Crippen LogP contribution is 2.15. The van der Waals surface area contributed by atoms with Gasteiger partial charge in [-0.2, -0.15) is 5.26 Å². The lowest BCUT2D eigenvalue weighted by Gasteiger charge is -1.96. The summed E-state index contributed by atoms with van der Waals surface area (Å²) in [6.45, 7) is 2.47. The highest BCUT2D eigenvalue weighted by molar-refractivity contribution is 5.40. The monoisotopic (exact) mass is 136 g/mol. The van der Waals surface area contributed by atoms with E-state index in [9.17, 15) is 0 Å². The second-order valence-corrected chi connectivity index (χ2v) is 1.78. The zero-order valence-electron chi connectivity index (χ0n) is 5.72. The van der Waals surface area contributed by atoms with Crippen molar-refractivity contribution in [3.8, 4) is 11.8 Å². The van der Waals surface area contributed by atoms with Crippen LogP contribution in [0.1, 0.15) is 12.5 Å². The van der Waals surface area contributed by atoms with Crippen molar-refractivity contribution >= 4 is 0 Å². The van der Waals surface area contributed by atoms with Crippen LogP contribution < -0.4 is 4.74 Å². The Morgan fingerprint density at radius 1 is 1.70 bits per heavy atom. The van der Waals surface area contributed by atoms with E-state index in [1.807, 2.05) is 13.0 Å². The fraction of sp³-hybridized carbons (Fsp3) is 0.286. The Balaban J connectivity index is 2.82. The van der Waals surface area contributed by atoms with Crippen molar-refractivity contribution in [1.29, 1.82) is 5.26 Å². The van der Waals surface area contributed by atoms with Crippen molar-refractivity contribution < 1.29 is 4.74 Å². The second-order valence-electron chi connectivity index (χ2n) is 1.78. The van der Waals surface area contributed by atoms with Gasteiger partial charge >= 0.3 is 0 Å². The summed E-state index contributed by atoms with van der Waals surface area (Å²) in [4.78, 5) is 2.79. The lowest BCUT2D eigenvalue weighted by Crippen LogP contribution is -1.90. The Bertz CT molecular complexity index is 246. The molecular formula is C7H8N2O. The normalized spacial score (nSPS) is 8.80. The van der Waals surface area contributed by atoms with Gasteiger partial charge in [0.2, 0.25) is 0 Å². The molecule has 0 radical (unpaired) electrons. The van der Waals surface area contributed by atoms with Crippen molar-refractivity contribution in [3.63, 3.8) is 0 Å². The fourth-order valence-corrected chi connectivity index (χ4v) is 0.712. The summed E-state index contributed by atoms with van der Waals surface area (Å²) < 4.78 is 5.11. The summed E-state index contributed by atoms with van der Waals surface area (Å²) in [6, 6.07) is 2.00. The maximum Gasteiger partial charge on any atom is 0.154 e. The van der Waals surface area contributed by atoms with E-state index in [4.69, 9.17) is 10.00 Å². The first-order valence-electron chi connectivity index (χ1n) is 3.08. The summed E-state index contributed by atoms with van der Waals surface area (Å²) in [7, 11) is 0. The standard InChI is InChI=1S/C7H8N2O/c1-2-10-7-5-9-4-6(7)3-8/h4-5,9H,2H2,1H3. The van der Waals surface area contributed by atoms with Gasteiger partial charge in [-0.15, -0.1) is 0 Å². The lowest BCUT2D eigenvalue weighted by atomic mass is 10.3. The minimum Gasteiger partial charge on any atom is -0.491 e. The third-order valence-corrected chi connectivity index (χ3v) is 1.13. The van der Waals surface area contributed by atoms with Gasteiger partial charge in [-0.25, -0.2) is 0 Å². The number of nitriles is 1. The summed E-state index contributed by atoms with van der Waals surface area (Å²) in [5.74, 6) is 0.630. The minimum atomic E-state index is 0.557. The number of aromatic nitrogens is 1. The van der Waals surface area contributed by atoms with E-state index in [1.54, 1.807) is 12.4 Å².